The van der Waals surface area contributed by atoms with Gasteiger partial charge in [0.05, 0.1) is 0 Å². The molecule has 1 aromatic carbocycles. The molecule has 0 saturated carbocycles. The fraction of sp³-hybridized carbons (Fsp3) is 0.0714. The van der Waals surface area contributed by atoms with Crippen molar-refractivity contribution in [3.63, 3.8) is 0 Å². The van der Waals surface area contributed by atoms with Crippen LogP contribution in [0, 0.1) is 0 Å². The molecule has 1 aromatic heterocycles. The smallest absolute Gasteiger partial charge is 0.274 e. The van der Waals surface area contributed by atoms with E-state index in [4.69, 9.17) is 0 Å². The Bertz CT molecular complexity index is 597. The topological polar surface area (TPSA) is 71.1 Å². The largest absolute Gasteiger partial charge is 0.326 e. The van der Waals surface area contributed by atoms with Crippen molar-refractivity contribution in [3.05, 3.63) is 54.4 Å². The predicted octanol–water partition coefficient (Wildman–Crippen LogP) is 2.29. The Morgan fingerprint density at radius 3 is 2.37 bits per heavy atom. The first kappa shape index (κ1) is 12.8. The SMILES string of the molecule is CC(=O)Nc1cccc(NC(=O)c2ccccn2)c1. The molecule has 0 atom stereocenters. The van der Waals surface area contributed by atoms with Crippen LogP contribution < -0.4 is 10.6 Å². The van der Waals surface area contributed by atoms with Crippen molar-refractivity contribution in [3.8, 4) is 0 Å². The van der Waals surface area contributed by atoms with E-state index in [1.165, 1.54) is 6.92 Å². The molecule has 96 valence electrons. The molecule has 0 aliphatic rings. The molecule has 0 bridgehead atoms. The van der Waals surface area contributed by atoms with E-state index in [0.717, 1.165) is 0 Å². The Labute approximate surface area is 110 Å². The number of hydrogen-bond donors (Lipinski definition) is 2. The van der Waals surface area contributed by atoms with Gasteiger partial charge in [0.15, 0.2) is 0 Å². The van der Waals surface area contributed by atoms with Gasteiger partial charge in [-0.15, -0.1) is 0 Å². The van der Waals surface area contributed by atoms with Crippen molar-refractivity contribution in [2.75, 3.05) is 10.6 Å². The third kappa shape index (κ3) is 3.64. The monoisotopic (exact) mass is 255 g/mol. The van der Waals surface area contributed by atoms with E-state index in [1.807, 2.05) is 0 Å². The first-order chi connectivity index (χ1) is 9.15. The minimum atomic E-state index is -0.291. The number of aromatic nitrogens is 1. The number of carbonyl (C=O) groups is 2. The summed E-state index contributed by atoms with van der Waals surface area (Å²) in [5.74, 6) is -0.450. The fourth-order valence-corrected chi connectivity index (χ4v) is 1.57. The van der Waals surface area contributed by atoms with Crippen molar-refractivity contribution < 1.29 is 9.59 Å². The maximum Gasteiger partial charge on any atom is 0.274 e. The Kier molecular flexibility index (Phi) is 3.87. The minimum Gasteiger partial charge on any atom is -0.326 e. The maximum absolute atomic E-state index is 11.9. The number of pyridine rings is 1. The van der Waals surface area contributed by atoms with Gasteiger partial charge in [-0.1, -0.05) is 12.1 Å². The van der Waals surface area contributed by atoms with Crippen LogP contribution in [0.25, 0.3) is 0 Å². The average molecular weight is 255 g/mol. The number of nitrogens with one attached hydrogen (secondary N) is 2. The zero-order chi connectivity index (χ0) is 13.7. The van der Waals surface area contributed by atoms with Gasteiger partial charge in [-0.2, -0.15) is 0 Å². The van der Waals surface area contributed by atoms with E-state index in [-0.39, 0.29) is 11.8 Å². The number of anilines is 2. The van der Waals surface area contributed by atoms with Gasteiger partial charge in [-0.25, -0.2) is 0 Å². The van der Waals surface area contributed by atoms with Gasteiger partial charge in [0.25, 0.3) is 5.91 Å². The molecule has 0 radical (unpaired) electrons. The molecule has 1 heterocycles. The molecule has 5 heteroatoms. The van der Waals surface area contributed by atoms with Crippen LogP contribution in [0.2, 0.25) is 0 Å². The van der Waals surface area contributed by atoms with Crippen LogP contribution in [0.4, 0.5) is 11.4 Å². The molecular formula is C14H13N3O2. The fourth-order valence-electron chi connectivity index (χ4n) is 1.57. The number of amides is 2. The van der Waals surface area contributed by atoms with Gasteiger partial charge in [0, 0.05) is 24.5 Å². The van der Waals surface area contributed by atoms with E-state index >= 15 is 0 Å². The lowest BCUT2D eigenvalue weighted by Crippen LogP contribution is -2.13. The zero-order valence-corrected chi connectivity index (χ0v) is 10.4. The molecule has 2 aromatic rings. The van der Waals surface area contributed by atoms with Crippen LogP contribution >= 0.6 is 0 Å². The first-order valence-corrected chi connectivity index (χ1v) is 5.75. The molecule has 0 fully saturated rings. The summed E-state index contributed by atoms with van der Waals surface area (Å²) < 4.78 is 0. The lowest BCUT2D eigenvalue weighted by molar-refractivity contribution is -0.114. The van der Waals surface area contributed by atoms with Gasteiger partial charge >= 0.3 is 0 Å². The number of carbonyl (C=O) groups excluding carboxylic acids is 2. The lowest BCUT2D eigenvalue weighted by Gasteiger charge is -2.07. The van der Waals surface area contributed by atoms with Crippen molar-refractivity contribution in [2.45, 2.75) is 6.92 Å². The number of benzene rings is 1. The Morgan fingerprint density at radius 1 is 1.00 bits per heavy atom. The molecule has 2 amide bonds. The number of nitrogens with zero attached hydrogens (tertiary/aromatic N) is 1. The molecular weight excluding hydrogens is 242 g/mol. The van der Waals surface area contributed by atoms with Crippen molar-refractivity contribution >= 4 is 23.2 Å². The highest BCUT2D eigenvalue weighted by Crippen LogP contribution is 2.15. The highest BCUT2D eigenvalue weighted by Gasteiger charge is 2.06. The molecule has 19 heavy (non-hydrogen) atoms. The molecule has 5 nitrogen and oxygen atoms in total. The molecule has 0 saturated heterocycles. The van der Waals surface area contributed by atoms with Crippen LogP contribution in [-0.4, -0.2) is 16.8 Å². The summed E-state index contributed by atoms with van der Waals surface area (Å²) in [5, 5.41) is 5.37. The highest BCUT2D eigenvalue weighted by molar-refractivity contribution is 6.03. The van der Waals surface area contributed by atoms with Crippen molar-refractivity contribution in [1.82, 2.24) is 4.98 Å². The Balaban J connectivity index is 2.11. The summed E-state index contributed by atoms with van der Waals surface area (Å²) in [7, 11) is 0. The predicted molar refractivity (Wildman–Crippen MR) is 72.9 cm³/mol. The standard InChI is InChI=1S/C14H13N3O2/c1-10(18)16-11-5-4-6-12(9-11)17-14(19)13-7-2-3-8-15-13/h2-9H,1H3,(H,16,18)(H,17,19). The van der Waals surface area contributed by atoms with Gasteiger partial charge in [0.1, 0.15) is 5.69 Å². The molecule has 2 N–H and O–H groups in total. The lowest BCUT2D eigenvalue weighted by atomic mass is 10.2. The summed E-state index contributed by atoms with van der Waals surface area (Å²) in [5.41, 5.74) is 1.57. The zero-order valence-electron chi connectivity index (χ0n) is 10.4. The Morgan fingerprint density at radius 2 is 1.74 bits per heavy atom. The summed E-state index contributed by atoms with van der Waals surface area (Å²) in [6.07, 6.45) is 1.56. The minimum absolute atomic E-state index is 0.159. The van der Waals surface area contributed by atoms with E-state index in [9.17, 15) is 9.59 Å². The van der Waals surface area contributed by atoms with Crippen LogP contribution in [-0.2, 0) is 4.79 Å². The summed E-state index contributed by atoms with van der Waals surface area (Å²) in [6.45, 7) is 1.43. The van der Waals surface area contributed by atoms with Crippen LogP contribution in [0.5, 0.6) is 0 Å². The second kappa shape index (κ2) is 5.77. The van der Waals surface area contributed by atoms with Crippen LogP contribution in [0.3, 0.4) is 0 Å². The van der Waals surface area contributed by atoms with Gasteiger partial charge in [-0.3, -0.25) is 14.6 Å². The maximum atomic E-state index is 11.9. The summed E-state index contributed by atoms with van der Waals surface area (Å²) in [4.78, 5) is 26.8. The molecule has 0 spiro atoms. The summed E-state index contributed by atoms with van der Waals surface area (Å²) >= 11 is 0. The van der Waals surface area contributed by atoms with Crippen LogP contribution in [0.15, 0.2) is 48.7 Å². The average Bonchev–Trinajstić information content (AvgIpc) is 2.39. The molecule has 2 rings (SSSR count). The van der Waals surface area contributed by atoms with Gasteiger partial charge < -0.3 is 10.6 Å². The van der Waals surface area contributed by atoms with Crippen LogP contribution in [0.1, 0.15) is 17.4 Å². The van der Waals surface area contributed by atoms with E-state index in [0.29, 0.717) is 17.1 Å². The van der Waals surface area contributed by atoms with Gasteiger partial charge in [0.2, 0.25) is 5.91 Å². The molecule has 0 aliphatic carbocycles. The summed E-state index contributed by atoms with van der Waals surface area (Å²) in [6, 6.07) is 12.0. The Hall–Kier alpha value is -2.69. The van der Waals surface area contributed by atoms with E-state index in [1.54, 1.807) is 48.7 Å². The van der Waals surface area contributed by atoms with Crippen molar-refractivity contribution in [1.29, 1.82) is 0 Å². The third-order valence-electron chi connectivity index (χ3n) is 2.34. The molecule has 0 unspecified atom stereocenters. The number of rotatable bonds is 3. The number of hydrogen-bond acceptors (Lipinski definition) is 3. The second-order valence-corrected chi connectivity index (χ2v) is 3.93. The quantitative estimate of drug-likeness (QED) is 0.884. The normalized spacial score (nSPS) is 9.74. The second-order valence-electron chi connectivity index (χ2n) is 3.93. The highest BCUT2D eigenvalue weighted by atomic mass is 16.2. The third-order valence-corrected chi connectivity index (χ3v) is 2.34. The van der Waals surface area contributed by atoms with Gasteiger partial charge in [-0.05, 0) is 30.3 Å². The van der Waals surface area contributed by atoms with Crippen molar-refractivity contribution in [2.24, 2.45) is 0 Å². The molecule has 0 aliphatic heterocycles. The van der Waals surface area contributed by atoms with E-state index < -0.39 is 0 Å². The van der Waals surface area contributed by atoms with E-state index in [2.05, 4.69) is 15.6 Å². The first-order valence-electron chi connectivity index (χ1n) is 5.75.